The molecule has 2 heterocycles. The van der Waals surface area contributed by atoms with Gasteiger partial charge in [-0.15, -0.1) is 10.6 Å². The molecule has 27 heavy (non-hydrogen) atoms. The van der Waals surface area contributed by atoms with Gasteiger partial charge in [0.2, 0.25) is 0 Å². The van der Waals surface area contributed by atoms with E-state index in [9.17, 15) is 9.11 Å². The van der Waals surface area contributed by atoms with E-state index in [1.54, 1.807) is 23.7 Å². The fourth-order valence-corrected chi connectivity index (χ4v) is 5.75. The fraction of sp³-hybridized carbons (Fsp3) is 0.0952. The molecule has 1 aliphatic rings. The van der Waals surface area contributed by atoms with E-state index in [1.165, 1.54) is 11.8 Å². The number of hydrogen-bond acceptors (Lipinski definition) is 5. The van der Waals surface area contributed by atoms with Crippen molar-refractivity contribution in [1.29, 1.82) is 0 Å². The van der Waals surface area contributed by atoms with Crippen LogP contribution in [0, 0.1) is 0 Å². The fourth-order valence-electron chi connectivity index (χ4n) is 2.90. The van der Waals surface area contributed by atoms with Crippen LogP contribution < -0.4 is 4.74 Å². The van der Waals surface area contributed by atoms with E-state index >= 15 is 0 Å². The zero-order valence-corrected chi connectivity index (χ0v) is 16.1. The van der Waals surface area contributed by atoms with Gasteiger partial charge in [0.1, 0.15) is 5.75 Å². The Morgan fingerprint density at radius 3 is 2.52 bits per heavy atom. The number of aromatic nitrogens is 1. The van der Waals surface area contributed by atoms with Crippen molar-refractivity contribution < 1.29 is 13.8 Å². The first-order valence-electron chi connectivity index (χ1n) is 8.52. The Labute approximate surface area is 164 Å². The van der Waals surface area contributed by atoms with Crippen LogP contribution in [0.4, 0.5) is 0 Å². The third-order valence-electron chi connectivity index (χ3n) is 4.14. The van der Waals surface area contributed by atoms with Gasteiger partial charge in [-0.25, -0.2) is 0 Å². The van der Waals surface area contributed by atoms with Crippen LogP contribution in [0.2, 0.25) is 0 Å². The predicted molar refractivity (Wildman–Crippen MR) is 111 cm³/mol. The Morgan fingerprint density at radius 1 is 0.926 bits per heavy atom. The Kier molecular flexibility index (Phi) is 5.22. The largest absolute Gasteiger partial charge is 0.492 e. The molecule has 138 valence electrons. The molecular weight excluding hydrogens is 378 g/mol. The SMILES string of the molecule is OS1(O)C=C(Sc2ccccc2)c2c(OCCc3ccccn3)cccc21. The topological polar surface area (TPSA) is 62.6 Å². The molecule has 0 fully saturated rings. The van der Waals surface area contributed by atoms with Crippen LogP contribution >= 0.6 is 22.4 Å². The average Bonchev–Trinajstić information content (AvgIpc) is 2.94. The third kappa shape index (κ3) is 4.04. The summed E-state index contributed by atoms with van der Waals surface area (Å²) in [7, 11) is -2.95. The van der Waals surface area contributed by atoms with Gasteiger partial charge in [-0.05, 0) is 36.4 Å². The Bertz CT molecular complexity index is 960. The molecule has 0 bridgehead atoms. The minimum Gasteiger partial charge on any atom is -0.492 e. The highest BCUT2D eigenvalue weighted by Crippen LogP contribution is 2.63. The molecule has 1 aliphatic heterocycles. The summed E-state index contributed by atoms with van der Waals surface area (Å²) < 4.78 is 27.0. The number of hydrogen-bond donors (Lipinski definition) is 2. The van der Waals surface area contributed by atoms with E-state index < -0.39 is 10.6 Å². The summed E-state index contributed by atoms with van der Waals surface area (Å²) in [6.45, 7) is 0.468. The summed E-state index contributed by atoms with van der Waals surface area (Å²) in [6.07, 6.45) is 2.45. The molecular formula is C21H19NO3S2. The van der Waals surface area contributed by atoms with Crippen molar-refractivity contribution in [1.82, 2.24) is 4.98 Å². The first-order chi connectivity index (χ1) is 13.1. The molecule has 6 heteroatoms. The third-order valence-corrected chi connectivity index (χ3v) is 6.89. The first-order valence-corrected chi connectivity index (χ1v) is 10.9. The number of fused-ring (bicyclic) bond motifs is 1. The summed E-state index contributed by atoms with van der Waals surface area (Å²) in [5.74, 6) is 0.663. The van der Waals surface area contributed by atoms with Crippen LogP contribution in [-0.2, 0) is 6.42 Å². The van der Waals surface area contributed by atoms with Crippen molar-refractivity contribution >= 4 is 27.3 Å². The number of pyridine rings is 1. The van der Waals surface area contributed by atoms with Crippen LogP contribution in [0.5, 0.6) is 5.75 Å². The van der Waals surface area contributed by atoms with Gasteiger partial charge in [0.05, 0.1) is 17.1 Å². The molecule has 0 saturated heterocycles. The minimum atomic E-state index is -2.95. The highest BCUT2D eigenvalue weighted by Gasteiger charge is 2.31. The summed E-state index contributed by atoms with van der Waals surface area (Å²) >= 11 is 1.51. The van der Waals surface area contributed by atoms with E-state index in [0.717, 1.165) is 21.1 Å². The van der Waals surface area contributed by atoms with Crippen molar-refractivity contribution in [2.45, 2.75) is 16.2 Å². The number of benzene rings is 2. The van der Waals surface area contributed by atoms with Gasteiger partial charge in [0.15, 0.2) is 0 Å². The standard InChI is InChI=1S/C21H19NO3S2/c23-27(24)15-19(26-17-8-2-1-3-9-17)21-18(10-6-11-20(21)27)25-14-12-16-7-4-5-13-22-16/h1-11,13,15,23-24H,12,14H2. The van der Waals surface area contributed by atoms with Gasteiger partial charge >= 0.3 is 0 Å². The Hall–Kier alpha value is -2.25. The summed E-state index contributed by atoms with van der Waals surface area (Å²) in [5, 5.41) is 1.56. The van der Waals surface area contributed by atoms with Gasteiger partial charge < -0.3 is 4.74 Å². The van der Waals surface area contributed by atoms with Crippen LogP contribution in [0.1, 0.15) is 11.3 Å². The Morgan fingerprint density at radius 2 is 1.74 bits per heavy atom. The highest BCUT2D eigenvalue weighted by atomic mass is 32.3. The smallest absolute Gasteiger partial charge is 0.129 e. The van der Waals surface area contributed by atoms with Gasteiger partial charge in [-0.2, -0.15) is 0 Å². The van der Waals surface area contributed by atoms with Gasteiger partial charge in [0, 0.05) is 33.5 Å². The molecule has 0 amide bonds. The van der Waals surface area contributed by atoms with Crippen molar-refractivity contribution in [2.24, 2.45) is 0 Å². The zero-order valence-electron chi connectivity index (χ0n) is 14.5. The predicted octanol–water partition coefficient (Wildman–Crippen LogP) is 5.92. The molecule has 2 aromatic carbocycles. The normalized spacial score (nSPS) is 15.7. The summed E-state index contributed by atoms with van der Waals surface area (Å²) in [6, 6.07) is 21.1. The molecule has 2 N–H and O–H groups in total. The second kappa shape index (κ2) is 7.78. The molecule has 0 spiro atoms. The van der Waals surface area contributed by atoms with Crippen molar-refractivity contribution in [3.8, 4) is 5.75 Å². The molecule has 0 atom stereocenters. The lowest BCUT2D eigenvalue weighted by molar-refractivity contribution is 0.319. The number of nitrogens with zero attached hydrogens (tertiary/aromatic N) is 1. The van der Waals surface area contributed by atoms with E-state index in [-0.39, 0.29) is 0 Å². The first kappa shape index (κ1) is 18.1. The van der Waals surface area contributed by atoms with Gasteiger partial charge in [-0.3, -0.25) is 14.1 Å². The Balaban J connectivity index is 1.58. The lowest BCUT2D eigenvalue weighted by atomic mass is 10.2. The van der Waals surface area contributed by atoms with Crippen LogP contribution in [0.25, 0.3) is 4.91 Å². The van der Waals surface area contributed by atoms with E-state index in [2.05, 4.69) is 4.98 Å². The van der Waals surface area contributed by atoms with Crippen LogP contribution in [-0.4, -0.2) is 20.7 Å². The van der Waals surface area contributed by atoms with Gasteiger partial charge in [-0.1, -0.05) is 42.1 Å². The molecule has 4 rings (SSSR count). The van der Waals surface area contributed by atoms with Crippen molar-refractivity contribution in [3.63, 3.8) is 0 Å². The maximum Gasteiger partial charge on any atom is 0.129 e. The maximum absolute atomic E-state index is 10.5. The second-order valence-corrected chi connectivity index (χ2v) is 9.02. The van der Waals surface area contributed by atoms with Crippen molar-refractivity contribution in [3.05, 3.63) is 89.6 Å². The second-order valence-electron chi connectivity index (χ2n) is 6.04. The van der Waals surface area contributed by atoms with E-state index in [0.29, 0.717) is 23.7 Å². The lowest BCUT2D eigenvalue weighted by Crippen LogP contribution is -2.04. The van der Waals surface area contributed by atoms with Crippen LogP contribution in [0.3, 0.4) is 0 Å². The number of ether oxygens (including phenoxy) is 1. The van der Waals surface area contributed by atoms with E-state index in [4.69, 9.17) is 4.74 Å². The number of rotatable bonds is 6. The minimum absolute atomic E-state index is 0.468. The zero-order chi connectivity index (χ0) is 18.7. The van der Waals surface area contributed by atoms with E-state index in [1.807, 2.05) is 54.6 Å². The quantitative estimate of drug-likeness (QED) is 0.541. The molecule has 3 aromatic rings. The average molecular weight is 398 g/mol. The molecule has 4 nitrogen and oxygen atoms in total. The molecule has 0 unspecified atom stereocenters. The summed E-state index contributed by atoms with van der Waals surface area (Å²) in [5.41, 5.74) is 1.73. The summed E-state index contributed by atoms with van der Waals surface area (Å²) in [4.78, 5) is 6.68. The van der Waals surface area contributed by atoms with Crippen LogP contribution in [0.15, 0.2) is 88.1 Å². The number of thioether (sulfide) groups is 1. The monoisotopic (exact) mass is 397 g/mol. The molecule has 0 saturated carbocycles. The molecule has 1 aromatic heterocycles. The maximum atomic E-state index is 10.5. The molecule has 0 aliphatic carbocycles. The van der Waals surface area contributed by atoms with Gasteiger partial charge in [0.25, 0.3) is 0 Å². The van der Waals surface area contributed by atoms with Crippen molar-refractivity contribution in [2.75, 3.05) is 6.61 Å². The molecule has 0 radical (unpaired) electrons. The highest BCUT2D eigenvalue weighted by molar-refractivity contribution is 8.28. The lowest BCUT2D eigenvalue weighted by Gasteiger charge is -2.25.